The molecule has 0 amide bonds. The number of fused-ring (bicyclic) bond motifs is 1. The summed E-state index contributed by atoms with van der Waals surface area (Å²) in [5.41, 5.74) is 4.38. The Hall–Kier alpha value is -4.86. The quantitative estimate of drug-likeness (QED) is 0.191. The van der Waals surface area contributed by atoms with Crippen molar-refractivity contribution < 1.29 is 14.3 Å². The second kappa shape index (κ2) is 12.3. The van der Waals surface area contributed by atoms with E-state index < -0.39 is 0 Å². The van der Waals surface area contributed by atoms with Crippen LogP contribution in [0, 0.1) is 0 Å². The molecule has 2 heterocycles. The molecule has 0 radical (unpaired) electrons. The van der Waals surface area contributed by atoms with Crippen molar-refractivity contribution in [3.8, 4) is 28.3 Å². The fraction of sp³-hybridized carbons (Fsp3) is 0.267. The summed E-state index contributed by atoms with van der Waals surface area (Å²) in [6.07, 6.45) is 2.64. The summed E-state index contributed by atoms with van der Waals surface area (Å²) in [4.78, 5) is 29.6. The molecule has 0 aliphatic rings. The van der Waals surface area contributed by atoms with Gasteiger partial charge in [-0.05, 0) is 46.5 Å². The summed E-state index contributed by atoms with van der Waals surface area (Å²) in [5.74, 6) is 1.45. The molecule has 0 aliphatic carbocycles. The number of aryl methyl sites for hydroxylation is 1. The predicted octanol–water partition coefficient (Wildman–Crippen LogP) is 4.58. The highest BCUT2D eigenvalue weighted by Gasteiger charge is 2.14. The molecular formula is C30H30N6O4. The molecule has 0 saturated carbocycles. The van der Waals surface area contributed by atoms with Gasteiger partial charge in [0.05, 0.1) is 17.4 Å². The molecule has 0 spiro atoms. The molecule has 0 unspecified atom stereocenters. The van der Waals surface area contributed by atoms with Gasteiger partial charge >= 0.3 is 5.97 Å². The van der Waals surface area contributed by atoms with Crippen LogP contribution in [0.4, 0.5) is 0 Å². The number of H-pyrrole nitrogens is 1. The lowest BCUT2D eigenvalue weighted by atomic mass is 9.98. The molecule has 5 aromatic rings. The maximum Gasteiger partial charge on any atom is 0.302 e. The van der Waals surface area contributed by atoms with Gasteiger partial charge in [0.25, 0.3) is 5.56 Å². The third kappa shape index (κ3) is 6.06. The molecule has 0 bridgehead atoms. The SMILES string of the molecule is CCCCc1nc2ccc(OCCOC(C)=O)cc2c(=O)n1Cc1ccc(-c2ccccc2-c2nn[nH]n2)cc1. The van der Waals surface area contributed by atoms with Crippen LogP contribution in [0.25, 0.3) is 33.4 Å². The van der Waals surface area contributed by atoms with Crippen molar-refractivity contribution in [2.24, 2.45) is 0 Å². The van der Waals surface area contributed by atoms with E-state index in [-0.39, 0.29) is 24.7 Å². The highest BCUT2D eigenvalue weighted by atomic mass is 16.6. The fourth-order valence-corrected chi connectivity index (χ4v) is 4.55. The van der Waals surface area contributed by atoms with Crippen LogP contribution >= 0.6 is 0 Å². The van der Waals surface area contributed by atoms with Gasteiger partial charge in [-0.25, -0.2) is 4.98 Å². The molecular weight excluding hydrogens is 508 g/mol. The van der Waals surface area contributed by atoms with Crippen LogP contribution in [0.3, 0.4) is 0 Å². The van der Waals surface area contributed by atoms with Crippen molar-refractivity contribution in [3.05, 3.63) is 88.5 Å². The average molecular weight is 539 g/mol. The van der Waals surface area contributed by atoms with Crippen LogP contribution in [0.5, 0.6) is 5.75 Å². The van der Waals surface area contributed by atoms with E-state index >= 15 is 0 Å². The van der Waals surface area contributed by atoms with Crippen LogP contribution in [0.1, 0.15) is 38.1 Å². The topological polar surface area (TPSA) is 125 Å². The smallest absolute Gasteiger partial charge is 0.302 e. The number of carbonyl (C=O) groups is 1. The number of nitrogens with zero attached hydrogens (tertiary/aromatic N) is 5. The first kappa shape index (κ1) is 26.7. The number of aromatic nitrogens is 6. The fourth-order valence-electron chi connectivity index (χ4n) is 4.55. The van der Waals surface area contributed by atoms with E-state index in [1.54, 1.807) is 22.8 Å². The molecule has 10 heteroatoms. The Labute approximate surface area is 231 Å². The van der Waals surface area contributed by atoms with Gasteiger partial charge in [0.2, 0.25) is 5.82 Å². The Balaban J connectivity index is 1.44. The second-order valence-electron chi connectivity index (χ2n) is 9.37. The predicted molar refractivity (Wildman–Crippen MR) is 151 cm³/mol. The zero-order valence-electron chi connectivity index (χ0n) is 22.5. The summed E-state index contributed by atoms with van der Waals surface area (Å²) in [6, 6.07) is 21.3. The first-order valence-electron chi connectivity index (χ1n) is 13.2. The number of nitrogens with one attached hydrogen (secondary N) is 1. The summed E-state index contributed by atoms with van der Waals surface area (Å²) in [6.45, 7) is 4.20. The van der Waals surface area contributed by atoms with Crippen LogP contribution in [0.15, 0.2) is 71.5 Å². The maximum atomic E-state index is 13.7. The molecule has 0 atom stereocenters. The van der Waals surface area contributed by atoms with Crippen molar-refractivity contribution >= 4 is 16.9 Å². The maximum absolute atomic E-state index is 13.7. The summed E-state index contributed by atoms with van der Waals surface area (Å²) < 4.78 is 12.4. The van der Waals surface area contributed by atoms with Gasteiger partial charge in [-0.1, -0.05) is 61.9 Å². The second-order valence-corrected chi connectivity index (χ2v) is 9.37. The Bertz CT molecular complexity index is 1660. The minimum atomic E-state index is -0.363. The molecule has 3 aromatic carbocycles. The molecule has 0 saturated heterocycles. The zero-order valence-corrected chi connectivity index (χ0v) is 22.5. The van der Waals surface area contributed by atoms with E-state index in [0.717, 1.165) is 40.9 Å². The van der Waals surface area contributed by atoms with Crippen molar-refractivity contribution in [1.29, 1.82) is 0 Å². The zero-order chi connectivity index (χ0) is 27.9. The number of hydrogen-bond donors (Lipinski definition) is 1. The molecule has 5 rings (SSSR count). The first-order valence-corrected chi connectivity index (χ1v) is 13.2. The lowest BCUT2D eigenvalue weighted by molar-refractivity contribution is -0.141. The Kier molecular flexibility index (Phi) is 8.24. The standard InChI is InChI=1S/C30H30N6O4/c1-3-4-9-28-31-27-15-14-23(40-17-16-39-20(2)37)18-26(27)30(38)36(28)19-21-10-12-22(13-11-21)24-7-5-6-8-25(24)29-32-34-35-33-29/h5-8,10-15,18H,3-4,9,16-17,19H2,1-2H3,(H,32,33,34,35). The third-order valence-electron chi connectivity index (χ3n) is 6.53. The van der Waals surface area contributed by atoms with Gasteiger partial charge in [0.15, 0.2) is 0 Å². The monoisotopic (exact) mass is 538 g/mol. The Morgan fingerprint density at radius 3 is 2.52 bits per heavy atom. The van der Waals surface area contributed by atoms with Crippen molar-refractivity contribution in [2.75, 3.05) is 13.2 Å². The van der Waals surface area contributed by atoms with Gasteiger partial charge in [0.1, 0.15) is 24.8 Å². The van der Waals surface area contributed by atoms with Crippen LogP contribution in [0.2, 0.25) is 0 Å². The number of tetrazole rings is 1. The Morgan fingerprint density at radius 2 is 1.80 bits per heavy atom. The lowest BCUT2D eigenvalue weighted by Gasteiger charge is -2.15. The van der Waals surface area contributed by atoms with E-state index in [4.69, 9.17) is 14.5 Å². The molecule has 204 valence electrons. The van der Waals surface area contributed by atoms with Gasteiger partial charge in [-0.3, -0.25) is 14.2 Å². The molecule has 10 nitrogen and oxygen atoms in total. The van der Waals surface area contributed by atoms with E-state index in [1.807, 2.05) is 48.5 Å². The number of ether oxygens (including phenoxy) is 2. The number of benzene rings is 3. The summed E-state index contributed by atoms with van der Waals surface area (Å²) in [5, 5.41) is 14.9. The molecule has 0 aliphatic heterocycles. The lowest BCUT2D eigenvalue weighted by Crippen LogP contribution is -2.26. The normalized spacial score (nSPS) is 11.1. The molecule has 1 N–H and O–H groups in total. The number of aromatic amines is 1. The van der Waals surface area contributed by atoms with E-state index in [1.165, 1.54) is 6.92 Å². The van der Waals surface area contributed by atoms with E-state index in [0.29, 0.717) is 35.4 Å². The minimum absolute atomic E-state index is 0.118. The highest BCUT2D eigenvalue weighted by Crippen LogP contribution is 2.30. The van der Waals surface area contributed by atoms with Gasteiger partial charge < -0.3 is 9.47 Å². The molecule has 0 fully saturated rings. The molecule has 40 heavy (non-hydrogen) atoms. The summed E-state index contributed by atoms with van der Waals surface area (Å²) >= 11 is 0. The largest absolute Gasteiger partial charge is 0.490 e. The first-order chi connectivity index (χ1) is 19.5. The van der Waals surface area contributed by atoms with Gasteiger partial charge in [-0.2, -0.15) is 5.21 Å². The van der Waals surface area contributed by atoms with Crippen LogP contribution in [-0.2, 0) is 22.5 Å². The van der Waals surface area contributed by atoms with E-state index in [9.17, 15) is 9.59 Å². The van der Waals surface area contributed by atoms with Crippen molar-refractivity contribution in [3.63, 3.8) is 0 Å². The number of unbranched alkanes of at least 4 members (excludes halogenated alkanes) is 1. The minimum Gasteiger partial charge on any atom is -0.490 e. The number of rotatable bonds is 11. The van der Waals surface area contributed by atoms with Crippen molar-refractivity contribution in [2.45, 2.75) is 39.7 Å². The average Bonchev–Trinajstić information content (AvgIpc) is 3.51. The molecule has 2 aromatic heterocycles. The Morgan fingerprint density at radius 1 is 1.00 bits per heavy atom. The van der Waals surface area contributed by atoms with Crippen molar-refractivity contribution in [1.82, 2.24) is 30.2 Å². The van der Waals surface area contributed by atoms with Gasteiger partial charge in [-0.15, -0.1) is 10.2 Å². The van der Waals surface area contributed by atoms with Crippen LogP contribution in [-0.4, -0.2) is 49.4 Å². The third-order valence-corrected chi connectivity index (χ3v) is 6.53. The number of hydrogen-bond acceptors (Lipinski definition) is 8. The van der Waals surface area contributed by atoms with Crippen LogP contribution < -0.4 is 10.3 Å². The summed E-state index contributed by atoms with van der Waals surface area (Å²) in [7, 11) is 0. The van der Waals surface area contributed by atoms with E-state index in [2.05, 4.69) is 27.5 Å². The van der Waals surface area contributed by atoms with Gasteiger partial charge in [0, 0.05) is 18.9 Å². The number of esters is 1. The highest BCUT2D eigenvalue weighted by molar-refractivity contribution is 5.81. The number of carbonyl (C=O) groups excluding carboxylic acids is 1.